The Kier molecular flexibility index (Phi) is 7.66. The molecule has 3 aliphatic rings. The summed E-state index contributed by atoms with van der Waals surface area (Å²) in [6, 6.07) is 0. The fraction of sp³-hybridized carbons (Fsp3) is 0.955. The molecule has 3 rings (SSSR count). The molecule has 0 heterocycles. The van der Waals surface area contributed by atoms with Gasteiger partial charge in [0.1, 0.15) is 24.6 Å². The quantitative estimate of drug-likeness (QED) is 0.409. The van der Waals surface area contributed by atoms with Crippen molar-refractivity contribution in [3.63, 3.8) is 0 Å². The average molecular weight is 407 g/mol. The predicted molar refractivity (Wildman–Crippen MR) is 99.9 cm³/mol. The number of rotatable bonds is 5. The van der Waals surface area contributed by atoms with Crippen molar-refractivity contribution < 1.29 is 27.1 Å². The van der Waals surface area contributed by atoms with Gasteiger partial charge < -0.3 is 4.74 Å². The van der Waals surface area contributed by atoms with Crippen LogP contribution < -0.4 is 0 Å². The number of ether oxygens (including phenoxy) is 1. The number of halogens is 4. The second-order valence-electron chi connectivity index (χ2n) is 9.27. The third-order valence-electron chi connectivity index (χ3n) is 7.30. The maximum absolute atomic E-state index is 14.9. The van der Waals surface area contributed by atoms with Gasteiger partial charge in [-0.3, -0.25) is 4.79 Å². The van der Waals surface area contributed by atoms with Gasteiger partial charge in [0.15, 0.2) is 6.17 Å². The molecule has 0 N–H and O–H groups in total. The highest BCUT2D eigenvalue weighted by atomic mass is 19.2. The van der Waals surface area contributed by atoms with Crippen LogP contribution in [0.3, 0.4) is 0 Å². The van der Waals surface area contributed by atoms with Crippen LogP contribution in [0.2, 0.25) is 0 Å². The van der Waals surface area contributed by atoms with Gasteiger partial charge in [0, 0.05) is 12.8 Å². The van der Waals surface area contributed by atoms with Crippen molar-refractivity contribution in [2.75, 3.05) is 0 Å². The molecular formula is C22H34F4O2. The van der Waals surface area contributed by atoms with Crippen molar-refractivity contribution in [2.24, 2.45) is 23.7 Å². The SMILES string of the molecule is CCCC1CCC(C2CCC(C(=O)OC3CC(F)C(F)C(F)C3)CC2F)CC1. The van der Waals surface area contributed by atoms with E-state index in [2.05, 4.69) is 6.92 Å². The minimum Gasteiger partial charge on any atom is -0.462 e. The monoisotopic (exact) mass is 406 g/mol. The first kappa shape index (κ1) is 21.9. The lowest BCUT2D eigenvalue weighted by molar-refractivity contribution is -0.162. The van der Waals surface area contributed by atoms with Crippen molar-refractivity contribution >= 4 is 5.97 Å². The lowest BCUT2D eigenvalue weighted by atomic mass is 9.68. The number of hydrogen-bond acceptors (Lipinski definition) is 2. The molecule has 3 fully saturated rings. The van der Waals surface area contributed by atoms with E-state index in [0.29, 0.717) is 18.8 Å². The lowest BCUT2D eigenvalue weighted by Gasteiger charge is -2.39. The highest BCUT2D eigenvalue weighted by Crippen LogP contribution is 2.44. The van der Waals surface area contributed by atoms with Gasteiger partial charge in [-0.2, -0.15) is 0 Å². The van der Waals surface area contributed by atoms with Gasteiger partial charge in [0.05, 0.1) is 5.92 Å². The smallest absolute Gasteiger partial charge is 0.309 e. The second-order valence-corrected chi connectivity index (χ2v) is 9.27. The number of hydrogen-bond donors (Lipinski definition) is 0. The fourth-order valence-electron chi connectivity index (χ4n) is 5.64. The Bertz CT molecular complexity index is 497. The van der Waals surface area contributed by atoms with Crippen LogP contribution in [0.5, 0.6) is 0 Å². The van der Waals surface area contributed by atoms with Gasteiger partial charge in [-0.15, -0.1) is 0 Å². The third-order valence-corrected chi connectivity index (χ3v) is 7.30. The Hall–Kier alpha value is -0.810. The Morgan fingerprint density at radius 3 is 2.07 bits per heavy atom. The number of carbonyl (C=O) groups is 1. The van der Waals surface area contributed by atoms with Crippen molar-refractivity contribution in [2.45, 2.75) is 108 Å². The highest BCUT2D eigenvalue weighted by molar-refractivity contribution is 5.72. The van der Waals surface area contributed by atoms with Crippen LogP contribution >= 0.6 is 0 Å². The zero-order valence-electron chi connectivity index (χ0n) is 16.8. The van der Waals surface area contributed by atoms with E-state index in [1.807, 2.05) is 0 Å². The first-order valence-corrected chi connectivity index (χ1v) is 11.2. The van der Waals surface area contributed by atoms with Crippen molar-refractivity contribution in [1.82, 2.24) is 0 Å². The molecule has 0 aliphatic heterocycles. The summed E-state index contributed by atoms with van der Waals surface area (Å²) in [6.07, 6.45) is -0.316. The molecule has 3 aliphatic carbocycles. The molecule has 0 aromatic heterocycles. The van der Waals surface area contributed by atoms with Crippen LogP contribution in [-0.4, -0.2) is 36.8 Å². The van der Waals surface area contributed by atoms with Crippen LogP contribution in [0, 0.1) is 23.7 Å². The van der Waals surface area contributed by atoms with Gasteiger partial charge in [-0.1, -0.05) is 32.6 Å². The molecule has 6 heteroatoms. The van der Waals surface area contributed by atoms with E-state index in [1.54, 1.807) is 0 Å². The summed E-state index contributed by atoms with van der Waals surface area (Å²) in [5.74, 6) is 0.0682. The highest BCUT2D eigenvalue weighted by Gasteiger charge is 2.43. The van der Waals surface area contributed by atoms with Crippen molar-refractivity contribution in [3.05, 3.63) is 0 Å². The molecule has 0 bridgehead atoms. The van der Waals surface area contributed by atoms with Gasteiger partial charge in [-0.25, -0.2) is 17.6 Å². The fourth-order valence-corrected chi connectivity index (χ4v) is 5.64. The maximum Gasteiger partial charge on any atom is 0.309 e. The molecule has 162 valence electrons. The van der Waals surface area contributed by atoms with Gasteiger partial charge in [0.2, 0.25) is 0 Å². The number of alkyl halides is 4. The van der Waals surface area contributed by atoms with Gasteiger partial charge in [-0.05, 0) is 49.9 Å². The molecule has 0 aromatic rings. The van der Waals surface area contributed by atoms with E-state index >= 15 is 0 Å². The minimum absolute atomic E-state index is 0.0130. The first-order chi connectivity index (χ1) is 13.4. The summed E-state index contributed by atoms with van der Waals surface area (Å²) < 4.78 is 60.3. The minimum atomic E-state index is -2.15. The summed E-state index contributed by atoms with van der Waals surface area (Å²) in [4.78, 5) is 12.4. The van der Waals surface area contributed by atoms with E-state index in [9.17, 15) is 22.4 Å². The van der Waals surface area contributed by atoms with Crippen LogP contribution in [0.15, 0.2) is 0 Å². The van der Waals surface area contributed by atoms with E-state index < -0.39 is 42.7 Å². The molecule has 0 radical (unpaired) electrons. The number of carbonyl (C=O) groups excluding carboxylic acids is 1. The molecule has 2 nitrogen and oxygen atoms in total. The Labute approximate surface area is 165 Å². The topological polar surface area (TPSA) is 26.3 Å². The Morgan fingerprint density at radius 2 is 1.50 bits per heavy atom. The summed E-state index contributed by atoms with van der Waals surface area (Å²) in [5, 5.41) is 0. The molecule has 5 atom stereocenters. The van der Waals surface area contributed by atoms with Gasteiger partial charge in [0.25, 0.3) is 0 Å². The standard InChI is InChI=1S/C22H34F4O2/c1-2-3-13-4-6-14(7-5-13)17-9-8-15(10-18(17)23)22(27)28-16-11-19(24)21(26)20(25)12-16/h13-21H,2-12H2,1H3. The van der Waals surface area contributed by atoms with Crippen LogP contribution in [0.25, 0.3) is 0 Å². The summed E-state index contributed by atoms with van der Waals surface area (Å²) >= 11 is 0. The Morgan fingerprint density at radius 1 is 0.857 bits per heavy atom. The summed E-state index contributed by atoms with van der Waals surface area (Å²) in [6.45, 7) is 2.20. The summed E-state index contributed by atoms with van der Waals surface area (Å²) in [7, 11) is 0. The molecule has 28 heavy (non-hydrogen) atoms. The average Bonchev–Trinajstić information content (AvgIpc) is 2.67. The molecule has 0 aromatic carbocycles. The van der Waals surface area contributed by atoms with Crippen LogP contribution in [-0.2, 0) is 9.53 Å². The first-order valence-electron chi connectivity index (χ1n) is 11.2. The van der Waals surface area contributed by atoms with Crippen molar-refractivity contribution in [1.29, 1.82) is 0 Å². The second kappa shape index (κ2) is 9.80. The molecular weight excluding hydrogens is 372 g/mol. The predicted octanol–water partition coefficient (Wildman–Crippen LogP) is 6.07. The Balaban J connectivity index is 1.45. The zero-order chi connectivity index (χ0) is 20.3. The zero-order valence-corrected chi connectivity index (χ0v) is 16.8. The summed E-state index contributed by atoms with van der Waals surface area (Å²) in [5.41, 5.74) is 0. The normalized spacial score (nSPS) is 44.8. The van der Waals surface area contributed by atoms with Crippen LogP contribution in [0.4, 0.5) is 17.6 Å². The van der Waals surface area contributed by atoms with E-state index in [-0.39, 0.29) is 25.2 Å². The van der Waals surface area contributed by atoms with E-state index in [0.717, 1.165) is 18.8 Å². The molecule has 0 amide bonds. The van der Waals surface area contributed by atoms with E-state index in [4.69, 9.17) is 4.74 Å². The number of esters is 1. The van der Waals surface area contributed by atoms with Crippen molar-refractivity contribution in [3.8, 4) is 0 Å². The molecule has 0 spiro atoms. The van der Waals surface area contributed by atoms with Gasteiger partial charge >= 0.3 is 5.97 Å². The molecule has 5 unspecified atom stereocenters. The van der Waals surface area contributed by atoms with E-state index in [1.165, 1.54) is 25.7 Å². The molecule has 3 saturated carbocycles. The lowest BCUT2D eigenvalue weighted by Crippen LogP contribution is -2.43. The molecule has 0 saturated heterocycles. The maximum atomic E-state index is 14.9. The van der Waals surface area contributed by atoms with Crippen LogP contribution in [0.1, 0.15) is 77.6 Å². The largest absolute Gasteiger partial charge is 0.462 e. The third kappa shape index (κ3) is 5.21.